The van der Waals surface area contributed by atoms with Gasteiger partial charge in [0.2, 0.25) is 0 Å². The molecule has 1 aliphatic heterocycles. The highest BCUT2D eigenvalue weighted by atomic mass is 35.5. The quantitative estimate of drug-likeness (QED) is 0.844. The van der Waals surface area contributed by atoms with E-state index in [1.54, 1.807) is 12.1 Å². The van der Waals surface area contributed by atoms with Crippen molar-refractivity contribution in [1.29, 1.82) is 0 Å². The lowest BCUT2D eigenvalue weighted by Gasteiger charge is -2.11. The highest BCUT2D eigenvalue weighted by Crippen LogP contribution is 2.41. The smallest absolute Gasteiger partial charge is 0.304 e. The number of halogens is 1. The molecule has 2 rings (SSSR count). The number of hydrogen-bond donors (Lipinski definition) is 1. The summed E-state index contributed by atoms with van der Waals surface area (Å²) in [5.41, 5.74) is 0.939. The van der Waals surface area contributed by atoms with Crippen molar-refractivity contribution in [2.45, 2.75) is 25.4 Å². The molecule has 0 amide bonds. The van der Waals surface area contributed by atoms with Crippen LogP contribution in [0.3, 0.4) is 0 Å². The van der Waals surface area contributed by atoms with E-state index in [4.69, 9.17) is 21.4 Å². The van der Waals surface area contributed by atoms with Gasteiger partial charge in [-0.1, -0.05) is 17.7 Å². The number of fused-ring (bicyclic) bond motifs is 1. The van der Waals surface area contributed by atoms with Gasteiger partial charge in [0.25, 0.3) is 0 Å². The third-order valence-electron chi connectivity index (χ3n) is 2.65. The summed E-state index contributed by atoms with van der Waals surface area (Å²) in [6, 6.07) is 5.33. The van der Waals surface area contributed by atoms with Crippen LogP contribution in [-0.4, -0.2) is 17.2 Å². The molecule has 0 saturated carbocycles. The number of benzene rings is 1. The summed E-state index contributed by atoms with van der Waals surface area (Å²) in [7, 11) is 0. The zero-order valence-electron chi connectivity index (χ0n) is 8.24. The lowest BCUT2D eigenvalue weighted by Crippen LogP contribution is -2.17. The molecule has 3 nitrogen and oxygen atoms in total. The van der Waals surface area contributed by atoms with E-state index in [1.807, 2.05) is 13.0 Å². The van der Waals surface area contributed by atoms with Crippen LogP contribution < -0.4 is 4.74 Å². The van der Waals surface area contributed by atoms with Gasteiger partial charge < -0.3 is 9.84 Å². The number of carboxylic acid groups (broad SMARTS) is 1. The van der Waals surface area contributed by atoms with Gasteiger partial charge in [-0.3, -0.25) is 4.79 Å². The summed E-state index contributed by atoms with van der Waals surface area (Å²) in [6.07, 6.45) is -0.00920. The third kappa shape index (κ3) is 1.92. The van der Waals surface area contributed by atoms with Crippen molar-refractivity contribution < 1.29 is 14.6 Å². The minimum absolute atomic E-state index is 0.0743. The molecule has 80 valence electrons. The minimum Gasteiger partial charge on any atom is -0.490 e. The van der Waals surface area contributed by atoms with Crippen LogP contribution in [0, 0.1) is 0 Å². The number of carboxylic acids is 1. The number of aliphatic carboxylic acids is 1. The summed E-state index contributed by atoms with van der Waals surface area (Å²) in [4.78, 5) is 10.7. The maximum absolute atomic E-state index is 10.7. The van der Waals surface area contributed by atoms with Crippen molar-refractivity contribution in [3.05, 3.63) is 28.8 Å². The molecular weight excluding hydrogens is 216 g/mol. The number of ether oxygens (including phenoxy) is 1. The molecule has 4 heteroatoms. The number of hydrogen-bond acceptors (Lipinski definition) is 2. The van der Waals surface area contributed by atoms with Gasteiger partial charge in [-0.15, -0.1) is 0 Å². The van der Waals surface area contributed by atoms with E-state index in [2.05, 4.69) is 0 Å². The predicted molar refractivity (Wildman–Crippen MR) is 56.5 cm³/mol. The van der Waals surface area contributed by atoms with Crippen LogP contribution in [0.5, 0.6) is 5.75 Å². The average molecular weight is 227 g/mol. The zero-order valence-corrected chi connectivity index (χ0v) is 8.99. The van der Waals surface area contributed by atoms with E-state index in [0.29, 0.717) is 10.8 Å². The first-order valence-electron chi connectivity index (χ1n) is 4.76. The largest absolute Gasteiger partial charge is 0.490 e. The second kappa shape index (κ2) is 3.74. The first-order chi connectivity index (χ1) is 7.08. The number of rotatable bonds is 2. The third-order valence-corrected chi connectivity index (χ3v) is 2.88. The standard InChI is InChI=1S/C11H11ClO3/c1-6-9(5-11(13)14)8-3-2-7(12)4-10(8)15-6/h2-4,6,9H,5H2,1H3,(H,13,14). The molecule has 15 heavy (non-hydrogen) atoms. The Morgan fingerprint density at radius 1 is 1.60 bits per heavy atom. The molecule has 2 unspecified atom stereocenters. The molecule has 0 aromatic heterocycles. The highest BCUT2D eigenvalue weighted by molar-refractivity contribution is 6.30. The van der Waals surface area contributed by atoms with Crippen molar-refractivity contribution >= 4 is 17.6 Å². The van der Waals surface area contributed by atoms with Gasteiger partial charge in [0.1, 0.15) is 11.9 Å². The van der Waals surface area contributed by atoms with Gasteiger partial charge in [-0.05, 0) is 19.1 Å². The van der Waals surface area contributed by atoms with Crippen molar-refractivity contribution in [2.24, 2.45) is 0 Å². The van der Waals surface area contributed by atoms with Crippen molar-refractivity contribution in [3.63, 3.8) is 0 Å². The first-order valence-corrected chi connectivity index (χ1v) is 5.13. The van der Waals surface area contributed by atoms with Crippen LogP contribution in [0.2, 0.25) is 5.02 Å². The van der Waals surface area contributed by atoms with Gasteiger partial charge >= 0.3 is 5.97 Å². The lowest BCUT2D eigenvalue weighted by molar-refractivity contribution is -0.137. The van der Waals surface area contributed by atoms with Crippen LogP contribution >= 0.6 is 11.6 Å². The van der Waals surface area contributed by atoms with E-state index >= 15 is 0 Å². The Bertz CT molecular complexity index is 403. The Morgan fingerprint density at radius 2 is 2.33 bits per heavy atom. The fraction of sp³-hybridized carbons (Fsp3) is 0.364. The van der Waals surface area contributed by atoms with Crippen LogP contribution in [0.1, 0.15) is 24.8 Å². The first kappa shape index (κ1) is 10.3. The monoisotopic (exact) mass is 226 g/mol. The molecule has 0 radical (unpaired) electrons. The Balaban J connectivity index is 2.33. The van der Waals surface area contributed by atoms with Gasteiger partial charge in [0.05, 0.1) is 6.42 Å². The average Bonchev–Trinajstić information content (AvgIpc) is 2.41. The maximum Gasteiger partial charge on any atom is 0.304 e. The maximum atomic E-state index is 10.7. The topological polar surface area (TPSA) is 46.5 Å². The number of carbonyl (C=O) groups is 1. The second-order valence-corrected chi connectivity index (χ2v) is 4.15. The van der Waals surface area contributed by atoms with Gasteiger partial charge in [-0.2, -0.15) is 0 Å². The molecule has 1 aliphatic rings. The summed E-state index contributed by atoms with van der Waals surface area (Å²) in [5.74, 6) is -0.172. The van der Waals surface area contributed by atoms with E-state index in [9.17, 15) is 4.79 Å². The van der Waals surface area contributed by atoms with Crippen LogP contribution in [0.25, 0.3) is 0 Å². The zero-order chi connectivity index (χ0) is 11.0. The van der Waals surface area contributed by atoms with Crippen LogP contribution in [-0.2, 0) is 4.79 Å². The van der Waals surface area contributed by atoms with Crippen LogP contribution in [0.4, 0.5) is 0 Å². The molecule has 0 fully saturated rings. The molecule has 1 aromatic rings. The highest BCUT2D eigenvalue weighted by Gasteiger charge is 2.32. The SMILES string of the molecule is CC1Oc2cc(Cl)ccc2C1CC(=O)O. The van der Waals surface area contributed by atoms with E-state index in [1.165, 1.54) is 0 Å². The Hall–Kier alpha value is -1.22. The second-order valence-electron chi connectivity index (χ2n) is 3.71. The molecule has 0 saturated heterocycles. The molecular formula is C11H11ClO3. The Morgan fingerprint density at radius 3 is 3.00 bits per heavy atom. The lowest BCUT2D eigenvalue weighted by atomic mass is 9.93. The molecule has 0 bridgehead atoms. The van der Waals surface area contributed by atoms with Gasteiger partial charge in [0, 0.05) is 16.5 Å². The van der Waals surface area contributed by atoms with Crippen molar-refractivity contribution in [3.8, 4) is 5.75 Å². The molecule has 0 spiro atoms. The van der Waals surface area contributed by atoms with Crippen LogP contribution in [0.15, 0.2) is 18.2 Å². The van der Waals surface area contributed by atoms with E-state index in [0.717, 1.165) is 5.56 Å². The fourth-order valence-electron chi connectivity index (χ4n) is 1.92. The molecule has 1 heterocycles. The molecule has 1 aromatic carbocycles. The van der Waals surface area contributed by atoms with Crippen molar-refractivity contribution in [2.75, 3.05) is 0 Å². The van der Waals surface area contributed by atoms with Crippen molar-refractivity contribution in [1.82, 2.24) is 0 Å². The molecule has 2 atom stereocenters. The summed E-state index contributed by atoms with van der Waals surface area (Å²) in [6.45, 7) is 1.88. The van der Waals surface area contributed by atoms with Gasteiger partial charge in [-0.25, -0.2) is 0 Å². The Labute approximate surface area is 92.6 Å². The summed E-state index contributed by atoms with van der Waals surface area (Å²) < 4.78 is 5.55. The Kier molecular flexibility index (Phi) is 2.57. The molecule has 0 aliphatic carbocycles. The van der Waals surface area contributed by atoms with E-state index < -0.39 is 5.97 Å². The summed E-state index contributed by atoms with van der Waals surface area (Å²) in [5, 5.41) is 9.40. The fourth-order valence-corrected chi connectivity index (χ4v) is 2.08. The molecule has 1 N–H and O–H groups in total. The normalized spacial score (nSPS) is 23.3. The minimum atomic E-state index is -0.807. The summed E-state index contributed by atoms with van der Waals surface area (Å²) >= 11 is 5.83. The predicted octanol–water partition coefficient (Wildman–Crippen LogP) is 2.68. The van der Waals surface area contributed by atoms with Gasteiger partial charge in [0.15, 0.2) is 0 Å². The van der Waals surface area contributed by atoms with E-state index in [-0.39, 0.29) is 18.4 Å².